The van der Waals surface area contributed by atoms with E-state index in [0.29, 0.717) is 5.92 Å². The van der Waals surface area contributed by atoms with Crippen molar-refractivity contribution in [3.63, 3.8) is 0 Å². The Morgan fingerprint density at radius 3 is 2.80 bits per heavy atom. The number of hydrogen-bond acceptors (Lipinski definition) is 3. The van der Waals surface area contributed by atoms with Gasteiger partial charge in [-0.3, -0.25) is 0 Å². The highest BCUT2D eigenvalue weighted by molar-refractivity contribution is 5.36. The van der Waals surface area contributed by atoms with Gasteiger partial charge in [-0.2, -0.15) is 0 Å². The number of hydrogen-bond donors (Lipinski definition) is 1. The molecule has 0 saturated heterocycles. The van der Waals surface area contributed by atoms with Crippen molar-refractivity contribution < 1.29 is 0 Å². The maximum Gasteiger partial charge on any atom is 0.133 e. The predicted molar refractivity (Wildman–Crippen MR) is 64.2 cm³/mol. The molecule has 0 saturated carbocycles. The molecule has 3 nitrogen and oxygen atoms in total. The average molecular weight is 205 g/mol. The number of rotatable bonds is 5. The summed E-state index contributed by atoms with van der Waals surface area (Å²) in [5.74, 6) is 2.18. The van der Waals surface area contributed by atoms with E-state index in [1.165, 1.54) is 0 Å². The number of nitrogens with zero attached hydrogens (tertiary/aromatic N) is 2. The monoisotopic (exact) mass is 205 g/mol. The van der Waals surface area contributed by atoms with Crippen molar-refractivity contribution in [3.8, 4) is 0 Å². The molecule has 0 radical (unpaired) electrons. The van der Waals surface area contributed by atoms with Crippen LogP contribution in [-0.2, 0) is 0 Å². The normalized spacial score (nSPS) is 10.4. The second-order valence-corrected chi connectivity index (χ2v) is 3.91. The smallest absolute Gasteiger partial charge is 0.133 e. The van der Waals surface area contributed by atoms with Gasteiger partial charge in [0.1, 0.15) is 11.6 Å². The summed E-state index contributed by atoms with van der Waals surface area (Å²) in [6.45, 7) is 10.7. The van der Waals surface area contributed by atoms with Gasteiger partial charge in [0.25, 0.3) is 0 Å². The molecule has 1 N–H and O–H groups in total. The van der Waals surface area contributed by atoms with Crippen molar-refractivity contribution in [2.75, 3.05) is 11.9 Å². The first kappa shape index (κ1) is 11.7. The van der Waals surface area contributed by atoms with E-state index in [9.17, 15) is 0 Å². The van der Waals surface area contributed by atoms with Crippen LogP contribution in [0.15, 0.2) is 18.7 Å². The molecule has 0 aliphatic rings. The Bertz CT molecular complexity index is 332. The molecule has 0 bridgehead atoms. The highest BCUT2D eigenvalue weighted by atomic mass is 15.0. The van der Waals surface area contributed by atoms with Crippen LogP contribution in [0.1, 0.15) is 37.7 Å². The first-order chi connectivity index (χ1) is 7.13. The van der Waals surface area contributed by atoms with Gasteiger partial charge in [-0.1, -0.05) is 19.9 Å². The topological polar surface area (TPSA) is 37.8 Å². The quantitative estimate of drug-likeness (QED) is 0.593. The van der Waals surface area contributed by atoms with Crippen LogP contribution >= 0.6 is 0 Å². The molecule has 0 fully saturated rings. The number of nitrogens with one attached hydrogen (secondary N) is 1. The molecular formula is C12H19N3. The fourth-order valence-electron chi connectivity index (χ4n) is 1.24. The largest absolute Gasteiger partial charge is 0.370 e. The van der Waals surface area contributed by atoms with Crippen LogP contribution in [0.25, 0.3) is 0 Å². The van der Waals surface area contributed by atoms with Crippen LogP contribution in [0.5, 0.6) is 0 Å². The Morgan fingerprint density at radius 1 is 1.47 bits per heavy atom. The summed E-state index contributed by atoms with van der Waals surface area (Å²) in [5, 5.41) is 3.26. The highest BCUT2D eigenvalue weighted by Gasteiger charge is 2.05. The van der Waals surface area contributed by atoms with E-state index in [-0.39, 0.29) is 0 Å². The average Bonchev–Trinajstić information content (AvgIpc) is 2.17. The van der Waals surface area contributed by atoms with Gasteiger partial charge in [0.2, 0.25) is 0 Å². The SMILES string of the molecule is C=CCCNc1cc(C)nc(C(C)C)n1. The van der Waals surface area contributed by atoms with E-state index in [4.69, 9.17) is 0 Å². The Morgan fingerprint density at radius 2 is 2.20 bits per heavy atom. The van der Waals surface area contributed by atoms with Gasteiger partial charge >= 0.3 is 0 Å². The van der Waals surface area contributed by atoms with Crippen LogP contribution in [0.3, 0.4) is 0 Å². The molecule has 0 spiro atoms. The fraction of sp³-hybridized carbons (Fsp3) is 0.500. The predicted octanol–water partition coefficient (Wildman–Crippen LogP) is 2.90. The third kappa shape index (κ3) is 3.70. The summed E-state index contributed by atoms with van der Waals surface area (Å²) in [5.41, 5.74) is 1.01. The number of aromatic nitrogens is 2. The lowest BCUT2D eigenvalue weighted by Gasteiger charge is -2.09. The van der Waals surface area contributed by atoms with Gasteiger partial charge in [-0.05, 0) is 13.3 Å². The Labute approximate surface area is 91.7 Å². The Hall–Kier alpha value is -1.38. The third-order valence-electron chi connectivity index (χ3n) is 2.04. The summed E-state index contributed by atoms with van der Waals surface area (Å²) in [4.78, 5) is 8.84. The van der Waals surface area contributed by atoms with Gasteiger partial charge in [0.15, 0.2) is 0 Å². The summed E-state index contributed by atoms with van der Waals surface area (Å²) in [7, 11) is 0. The molecule has 0 atom stereocenters. The molecule has 1 heterocycles. The maximum absolute atomic E-state index is 4.45. The number of aryl methyl sites for hydroxylation is 1. The van der Waals surface area contributed by atoms with Crippen LogP contribution in [-0.4, -0.2) is 16.5 Å². The highest BCUT2D eigenvalue weighted by Crippen LogP contribution is 2.13. The lowest BCUT2D eigenvalue weighted by molar-refractivity contribution is 0.766. The van der Waals surface area contributed by atoms with Gasteiger partial charge in [0.05, 0.1) is 0 Å². The zero-order valence-corrected chi connectivity index (χ0v) is 9.75. The summed E-state index contributed by atoms with van der Waals surface area (Å²) in [6, 6.07) is 1.97. The minimum absolute atomic E-state index is 0.366. The minimum atomic E-state index is 0.366. The molecule has 1 rings (SSSR count). The first-order valence-electron chi connectivity index (χ1n) is 5.34. The second-order valence-electron chi connectivity index (χ2n) is 3.91. The van der Waals surface area contributed by atoms with Crippen LogP contribution in [0.4, 0.5) is 5.82 Å². The van der Waals surface area contributed by atoms with Crippen molar-refractivity contribution in [3.05, 3.63) is 30.2 Å². The van der Waals surface area contributed by atoms with Crippen molar-refractivity contribution in [1.29, 1.82) is 0 Å². The zero-order chi connectivity index (χ0) is 11.3. The lowest BCUT2D eigenvalue weighted by atomic mass is 10.2. The van der Waals surface area contributed by atoms with E-state index >= 15 is 0 Å². The summed E-state index contributed by atoms with van der Waals surface area (Å²) in [6.07, 6.45) is 2.84. The Balaban J connectivity index is 2.74. The van der Waals surface area contributed by atoms with E-state index in [2.05, 4.69) is 35.7 Å². The van der Waals surface area contributed by atoms with Crippen molar-refractivity contribution in [2.45, 2.75) is 33.1 Å². The second kappa shape index (κ2) is 5.49. The van der Waals surface area contributed by atoms with Gasteiger partial charge < -0.3 is 5.32 Å². The third-order valence-corrected chi connectivity index (χ3v) is 2.04. The molecule has 0 aromatic carbocycles. The van der Waals surface area contributed by atoms with E-state index in [0.717, 1.165) is 30.3 Å². The molecule has 1 aromatic rings. The molecule has 0 amide bonds. The molecule has 82 valence electrons. The number of anilines is 1. The van der Waals surface area contributed by atoms with Crippen LogP contribution in [0.2, 0.25) is 0 Å². The van der Waals surface area contributed by atoms with Crippen molar-refractivity contribution >= 4 is 5.82 Å². The van der Waals surface area contributed by atoms with Crippen molar-refractivity contribution in [2.24, 2.45) is 0 Å². The molecule has 15 heavy (non-hydrogen) atoms. The standard InChI is InChI=1S/C12H19N3/c1-5-6-7-13-11-8-10(4)14-12(15-11)9(2)3/h5,8-9H,1,6-7H2,2-4H3,(H,13,14,15). The maximum atomic E-state index is 4.45. The molecular weight excluding hydrogens is 186 g/mol. The Kier molecular flexibility index (Phi) is 4.28. The van der Waals surface area contributed by atoms with Gasteiger partial charge in [-0.25, -0.2) is 9.97 Å². The molecule has 0 unspecified atom stereocenters. The van der Waals surface area contributed by atoms with Crippen molar-refractivity contribution in [1.82, 2.24) is 9.97 Å². The first-order valence-corrected chi connectivity index (χ1v) is 5.34. The fourth-order valence-corrected chi connectivity index (χ4v) is 1.24. The van der Waals surface area contributed by atoms with Crippen LogP contribution in [0, 0.1) is 6.92 Å². The lowest BCUT2D eigenvalue weighted by Crippen LogP contribution is -2.07. The molecule has 0 aliphatic heterocycles. The minimum Gasteiger partial charge on any atom is -0.370 e. The van der Waals surface area contributed by atoms with Gasteiger partial charge in [0, 0.05) is 24.2 Å². The molecule has 0 aliphatic carbocycles. The summed E-state index contributed by atoms with van der Waals surface area (Å²) < 4.78 is 0. The summed E-state index contributed by atoms with van der Waals surface area (Å²) >= 11 is 0. The van der Waals surface area contributed by atoms with E-state index in [1.807, 2.05) is 19.1 Å². The molecule has 1 aromatic heterocycles. The van der Waals surface area contributed by atoms with Crippen LogP contribution < -0.4 is 5.32 Å². The van der Waals surface area contributed by atoms with E-state index in [1.54, 1.807) is 0 Å². The van der Waals surface area contributed by atoms with Gasteiger partial charge in [-0.15, -0.1) is 6.58 Å². The van der Waals surface area contributed by atoms with E-state index < -0.39 is 0 Å². The molecule has 3 heteroatoms. The zero-order valence-electron chi connectivity index (χ0n) is 9.75.